The summed E-state index contributed by atoms with van der Waals surface area (Å²) in [6, 6.07) is 7.88. The minimum atomic E-state index is -4.48. The lowest BCUT2D eigenvalue weighted by Crippen LogP contribution is -2.23. The van der Waals surface area contributed by atoms with Gasteiger partial charge < -0.3 is 14.2 Å². The van der Waals surface area contributed by atoms with Crippen LogP contribution in [0.2, 0.25) is 0 Å². The molecule has 168 valence electrons. The molecule has 0 bridgehead atoms. The Bertz CT molecular complexity index is 1020. The lowest BCUT2D eigenvalue weighted by molar-refractivity contribution is -0.136. The number of halogens is 3. The van der Waals surface area contributed by atoms with Crippen LogP contribution in [-0.4, -0.2) is 39.8 Å². The number of alkyl halides is 3. The fourth-order valence-electron chi connectivity index (χ4n) is 3.52. The van der Waals surface area contributed by atoms with Gasteiger partial charge in [0.1, 0.15) is 17.2 Å². The minimum Gasteiger partial charge on any atom is -0.374 e. The Morgan fingerprint density at radius 1 is 1.03 bits per heavy atom. The van der Waals surface area contributed by atoms with Crippen LogP contribution in [0.15, 0.2) is 36.5 Å². The van der Waals surface area contributed by atoms with Crippen LogP contribution in [-0.2, 0) is 17.5 Å². The number of anilines is 1. The van der Waals surface area contributed by atoms with Crippen LogP contribution in [0.5, 0.6) is 0 Å². The molecule has 2 aromatic heterocycles. The molecule has 0 fully saturated rings. The van der Waals surface area contributed by atoms with Gasteiger partial charge in [0.2, 0.25) is 0 Å². The SMILES string of the molecule is CCN(CC)c1ccc(-c2nc3c(C(F)(F)F)cccc3n2CCOC(C)(C)C)cn1. The Labute approximate surface area is 180 Å². The summed E-state index contributed by atoms with van der Waals surface area (Å²) in [6.07, 6.45) is -2.81. The third-order valence-electron chi connectivity index (χ3n) is 5.03. The topological polar surface area (TPSA) is 43.2 Å². The summed E-state index contributed by atoms with van der Waals surface area (Å²) in [7, 11) is 0. The fourth-order valence-corrected chi connectivity index (χ4v) is 3.52. The minimum absolute atomic E-state index is 0.0615. The second-order valence-electron chi connectivity index (χ2n) is 8.30. The van der Waals surface area contributed by atoms with Gasteiger partial charge in [0.25, 0.3) is 0 Å². The highest BCUT2D eigenvalue weighted by Gasteiger charge is 2.34. The van der Waals surface area contributed by atoms with Crippen molar-refractivity contribution in [2.75, 3.05) is 24.6 Å². The standard InChI is InChI=1S/C23H29F3N4O/c1-6-29(7-2)19-12-11-16(15-27-19)21-28-20-17(23(24,25)26)9-8-10-18(20)30(21)13-14-31-22(3,4)5/h8-12,15H,6-7,13-14H2,1-5H3. The summed E-state index contributed by atoms with van der Waals surface area (Å²) in [6.45, 7) is 12.3. The Morgan fingerprint density at radius 2 is 1.74 bits per heavy atom. The molecular weight excluding hydrogens is 405 g/mol. The highest BCUT2D eigenvalue weighted by Crippen LogP contribution is 2.36. The van der Waals surface area contributed by atoms with Gasteiger partial charge in [-0.1, -0.05) is 6.07 Å². The zero-order valence-corrected chi connectivity index (χ0v) is 18.6. The van der Waals surface area contributed by atoms with Crippen LogP contribution in [0.3, 0.4) is 0 Å². The molecule has 1 aromatic carbocycles. The van der Waals surface area contributed by atoms with Gasteiger partial charge in [-0.2, -0.15) is 13.2 Å². The summed E-state index contributed by atoms with van der Waals surface area (Å²) >= 11 is 0. The zero-order valence-electron chi connectivity index (χ0n) is 18.6. The molecular formula is C23H29F3N4O. The second-order valence-corrected chi connectivity index (χ2v) is 8.30. The van der Waals surface area contributed by atoms with Crippen LogP contribution in [0, 0.1) is 0 Å². The number of aromatic nitrogens is 3. The van der Waals surface area contributed by atoms with Crippen molar-refractivity contribution in [1.82, 2.24) is 14.5 Å². The molecule has 0 radical (unpaired) electrons. The number of nitrogens with zero attached hydrogens (tertiary/aromatic N) is 4. The molecule has 2 heterocycles. The van der Waals surface area contributed by atoms with Crippen molar-refractivity contribution in [2.45, 2.75) is 52.9 Å². The third-order valence-corrected chi connectivity index (χ3v) is 5.03. The summed E-state index contributed by atoms with van der Waals surface area (Å²) in [4.78, 5) is 11.0. The third kappa shape index (κ3) is 5.18. The number of hydrogen-bond donors (Lipinski definition) is 0. The van der Waals surface area contributed by atoms with E-state index in [4.69, 9.17) is 4.74 Å². The molecule has 5 nitrogen and oxygen atoms in total. The number of fused-ring (bicyclic) bond motifs is 1. The van der Waals surface area contributed by atoms with Crippen LogP contribution in [0.4, 0.5) is 19.0 Å². The Balaban J connectivity index is 2.09. The number of rotatable bonds is 7. The van der Waals surface area contributed by atoms with E-state index >= 15 is 0 Å². The van der Waals surface area contributed by atoms with E-state index in [0.29, 0.717) is 30.1 Å². The summed E-state index contributed by atoms with van der Waals surface area (Å²) < 4.78 is 48.4. The predicted molar refractivity (Wildman–Crippen MR) is 117 cm³/mol. The maximum Gasteiger partial charge on any atom is 0.418 e. The Morgan fingerprint density at radius 3 is 2.29 bits per heavy atom. The molecule has 0 aliphatic carbocycles. The normalized spacial score (nSPS) is 12.5. The van der Waals surface area contributed by atoms with Crippen molar-refractivity contribution >= 4 is 16.9 Å². The van der Waals surface area contributed by atoms with E-state index in [0.717, 1.165) is 25.0 Å². The van der Waals surface area contributed by atoms with E-state index in [1.807, 2.05) is 46.8 Å². The molecule has 3 rings (SSSR count). The summed E-state index contributed by atoms with van der Waals surface area (Å²) in [5.41, 5.74) is -0.0603. The number of imidazole rings is 1. The van der Waals surface area contributed by atoms with Gasteiger partial charge in [-0.15, -0.1) is 0 Å². The highest BCUT2D eigenvalue weighted by atomic mass is 19.4. The molecule has 0 spiro atoms. The van der Waals surface area contributed by atoms with E-state index in [-0.39, 0.29) is 11.1 Å². The van der Waals surface area contributed by atoms with Crippen molar-refractivity contribution < 1.29 is 17.9 Å². The maximum absolute atomic E-state index is 13.6. The Kier molecular flexibility index (Phi) is 6.59. The molecule has 0 aliphatic rings. The van der Waals surface area contributed by atoms with Gasteiger partial charge >= 0.3 is 6.18 Å². The van der Waals surface area contributed by atoms with E-state index < -0.39 is 11.7 Å². The quantitative estimate of drug-likeness (QED) is 0.473. The largest absolute Gasteiger partial charge is 0.418 e. The Hall–Kier alpha value is -2.61. The van der Waals surface area contributed by atoms with E-state index in [9.17, 15) is 13.2 Å². The molecule has 8 heteroatoms. The lowest BCUT2D eigenvalue weighted by Gasteiger charge is -2.21. The van der Waals surface area contributed by atoms with Gasteiger partial charge in [-0.25, -0.2) is 9.97 Å². The smallest absolute Gasteiger partial charge is 0.374 e. The van der Waals surface area contributed by atoms with Gasteiger partial charge in [0.15, 0.2) is 0 Å². The summed E-state index contributed by atoms with van der Waals surface area (Å²) in [5.74, 6) is 1.27. The van der Waals surface area contributed by atoms with Crippen LogP contribution < -0.4 is 4.90 Å². The first kappa shape index (κ1) is 23.1. The molecule has 31 heavy (non-hydrogen) atoms. The number of hydrogen-bond acceptors (Lipinski definition) is 4. The molecule has 3 aromatic rings. The fraction of sp³-hybridized carbons (Fsp3) is 0.478. The van der Waals surface area contributed by atoms with Crippen LogP contribution in [0.25, 0.3) is 22.4 Å². The number of para-hydroxylation sites is 1. The lowest BCUT2D eigenvalue weighted by atomic mass is 10.2. The molecule has 0 N–H and O–H groups in total. The van der Waals surface area contributed by atoms with Crippen LogP contribution in [0.1, 0.15) is 40.2 Å². The zero-order chi connectivity index (χ0) is 22.8. The van der Waals surface area contributed by atoms with Gasteiger partial charge in [-0.3, -0.25) is 0 Å². The predicted octanol–water partition coefficient (Wildman–Crippen LogP) is 5.78. The molecule has 0 aliphatic heterocycles. The van der Waals surface area contributed by atoms with E-state index in [1.165, 1.54) is 6.07 Å². The van der Waals surface area contributed by atoms with Crippen molar-refractivity contribution in [1.29, 1.82) is 0 Å². The molecule has 0 atom stereocenters. The van der Waals surface area contributed by atoms with Crippen molar-refractivity contribution in [3.8, 4) is 11.4 Å². The molecule has 0 unspecified atom stereocenters. The van der Waals surface area contributed by atoms with Crippen molar-refractivity contribution in [3.63, 3.8) is 0 Å². The highest BCUT2D eigenvalue weighted by molar-refractivity contribution is 5.84. The second kappa shape index (κ2) is 8.86. The van der Waals surface area contributed by atoms with Crippen molar-refractivity contribution in [2.24, 2.45) is 0 Å². The summed E-state index contributed by atoms with van der Waals surface area (Å²) in [5, 5.41) is 0. The molecule has 0 saturated heterocycles. The van der Waals surface area contributed by atoms with E-state index in [1.54, 1.807) is 16.8 Å². The number of benzene rings is 1. The van der Waals surface area contributed by atoms with Gasteiger partial charge in [-0.05, 0) is 58.9 Å². The van der Waals surface area contributed by atoms with Gasteiger partial charge in [0, 0.05) is 31.4 Å². The molecule has 0 amide bonds. The number of pyridine rings is 1. The van der Waals surface area contributed by atoms with Crippen molar-refractivity contribution in [3.05, 3.63) is 42.1 Å². The van der Waals surface area contributed by atoms with E-state index in [2.05, 4.69) is 14.9 Å². The first-order valence-electron chi connectivity index (χ1n) is 10.5. The molecule has 0 saturated carbocycles. The maximum atomic E-state index is 13.6. The van der Waals surface area contributed by atoms with Gasteiger partial charge in [0.05, 0.1) is 23.3 Å². The average Bonchev–Trinajstić information content (AvgIpc) is 3.06. The first-order valence-corrected chi connectivity index (χ1v) is 10.5. The first-order chi connectivity index (χ1) is 14.5. The van der Waals surface area contributed by atoms with Crippen LogP contribution >= 0.6 is 0 Å². The number of ether oxygens (including phenoxy) is 1. The average molecular weight is 435 g/mol. The monoisotopic (exact) mass is 434 g/mol.